The van der Waals surface area contributed by atoms with Gasteiger partial charge in [0, 0.05) is 17.8 Å². The van der Waals surface area contributed by atoms with Crippen molar-refractivity contribution in [1.82, 2.24) is 0 Å². The van der Waals surface area contributed by atoms with Crippen molar-refractivity contribution >= 4 is 23.4 Å². The lowest BCUT2D eigenvalue weighted by Gasteiger charge is -2.22. The Balaban J connectivity index is 2.20. The third-order valence-corrected chi connectivity index (χ3v) is 3.75. The zero-order chi connectivity index (χ0) is 17.2. The Bertz CT molecular complexity index is 725. The molecular formula is C18H19ClFNO2. The zero-order valence-electron chi connectivity index (χ0n) is 13.6. The highest BCUT2D eigenvalue weighted by atomic mass is 35.5. The molecule has 0 aliphatic carbocycles. The summed E-state index contributed by atoms with van der Waals surface area (Å²) >= 11 is 6.20. The molecule has 0 saturated carbocycles. The summed E-state index contributed by atoms with van der Waals surface area (Å²) in [5, 5.41) is 0.621. The molecule has 0 heterocycles. The number of anilines is 1. The van der Waals surface area contributed by atoms with Crippen molar-refractivity contribution in [3.8, 4) is 5.75 Å². The molecule has 0 aliphatic rings. The van der Waals surface area contributed by atoms with Crippen LogP contribution in [0.4, 0.5) is 14.9 Å². The van der Waals surface area contributed by atoms with Gasteiger partial charge in [0.05, 0.1) is 0 Å². The number of rotatable bonds is 2. The fourth-order valence-corrected chi connectivity index (χ4v) is 2.50. The van der Waals surface area contributed by atoms with Crippen LogP contribution < -0.4 is 9.64 Å². The number of hydrogen-bond acceptors (Lipinski definition) is 2. The van der Waals surface area contributed by atoms with Crippen molar-refractivity contribution in [2.24, 2.45) is 0 Å². The van der Waals surface area contributed by atoms with Gasteiger partial charge < -0.3 is 4.74 Å². The van der Waals surface area contributed by atoms with Gasteiger partial charge in [-0.05, 0) is 47.4 Å². The van der Waals surface area contributed by atoms with Crippen LogP contribution in [0.25, 0.3) is 0 Å². The van der Waals surface area contributed by atoms with Crippen molar-refractivity contribution in [2.75, 3.05) is 11.9 Å². The van der Waals surface area contributed by atoms with E-state index in [0.29, 0.717) is 16.5 Å². The maximum atomic E-state index is 13.3. The third kappa shape index (κ3) is 4.23. The minimum atomic E-state index is -0.599. The fraction of sp³-hybridized carbons (Fsp3) is 0.278. The molecule has 0 radical (unpaired) electrons. The van der Waals surface area contributed by atoms with Crippen LogP contribution in [-0.4, -0.2) is 13.1 Å². The molecule has 0 atom stereocenters. The number of halogens is 2. The van der Waals surface area contributed by atoms with E-state index in [0.717, 1.165) is 5.56 Å². The first-order valence-corrected chi connectivity index (χ1v) is 7.57. The topological polar surface area (TPSA) is 29.5 Å². The van der Waals surface area contributed by atoms with E-state index in [1.54, 1.807) is 24.3 Å². The fourth-order valence-electron chi connectivity index (χ4n) is 2.10. The van der Waals surface area contributed by atoms with Gasteiger partial charge in [-0.3, -0.25) is 4.90 Å². The summed E-state index contributed by atoms with van der Waals surface area (Å²) in [6.45, 7) is 6.08. The van der Waals surface area contributed by atoms with E-state index < -0.39 is 11.9 Å². The summed E-state index contributed by atoms with van der Waals surface area (Å²) < 4.78 is 18.6. The van der Waals surface area contributed by atoms with Crippen LogP contribution in [0.2, 0.25) is 5.02 Å². The third-order valence-electron chi connectivity index (χ3n) is 3.42. The molecule has 23 heavy (non-hydrogen) atoms. The largest absolute Gasteiger partial charge is 0.419 e. The Hall–Kier alpha value is -2.07. The molecule has 5 heteroatoms. The van der Waals surface area contributed by atoms with E-state index in [2.05, 4.69) is 0 Å². The number of benzene rings is 2. The Morgan fingerprint density at radius 3 is 2.48 bits per heavy atom. The number of ether oxygens (including phenoxy) is 1. The highest BCUT2D eigenvalue weighted by Crippen LogP contribution is 2.32. The van der Waals surface area contributed by atoms with E-state index >= 15 is 0 Å². The lowest BCUT2D eigenvalue weighted by atomic mass is 9.87. The van der Waals surface area contributed by atoms with Gasteiger partial charge >= 0.3 is 6.09 Å². The molecule has 0 unspecified atom stereocenters. The van der Waals surface area contributed by atoms with Crippen molar-refractivity contribution < 1.29 is 13.9 Å². The minimum Gasteiger partial charge on any atom is -0.410 e. The Kier molecular flexibility index (Phi) is 4.95. The first-order chi connectivity index (χ1) is 10.7. The zero-order valence-corrected chi connectivity index (χ0v) is 14.3. The van der Waals surface area contributed by atoms with Crippen LogP contribution in [0.3, 0.4) is 0 Å². The van der Waals surface area contributed by atoms with Crippen LogP contribution in [0, 0.1) is 5.82 Å². The summed E-state index contributed by atoms with van der Waals surface area (Å²) in [6, 6.07) is 10.8. The molecular weight excluding hydrogens is 317 g/mol. The molecule has 2 aromatic rings. The molecule has 0 bridgehead atoms. The number of nitrogens with zero attached hydrogens (tertiary/aromatic N) is 1. The monoisotopic (exact) mass is 335 g/mol. The molecule has 0 spiro atoms. The number of carbonyl (C=O) groups is 1. The van der Waals surface area contributed by atoms with Crippen LogP contribution in [-0.2, 0) is 5.41 Å². The molecule has 0 aromatic heterocycles. The standard InChI is InChI=1S/C18H19ClFNO2/c1-18(2,3)15-11-14(8-9-16(15)19)23-17(22)21(4)13-7-5-6-12(20)10-13/h5-11H,1-4H3. The molecule has 2 aromatic carbocycles. The predicted molar refractivity (Wildman–Crippen MR) is 91.0 cm³/mol. The van der Waals surface area contributed by atoms with Crippen molar-refractivity contribution in [3.63, 3.8) is 0 Å². The van der Waals surface area contributed by atoms with Gasteiger partial charge in [0.25, 0.3) is 0 Å². The molecule has 0 fully saturated rings. The molecule has 3 nitrogen and oxygen atoms in total. The van der Waals surface area contributed by atoms with Gasteiger partial charge in [0.2, 0.25) is 0 Å². The van der Waals surface area contributed by atoms with E-state index in [-0.39, 0.29) is 5.41 Å². The van der Waals surface area contributed by atoms with Gasteiger partial charge in [-0.25, -0.2) is 9.18 Å². The highest BCUT2D eigenvalue weighted by Gasteiger charge is 2.20. The van der Waals surface area contributed by atoms with Gasteiger partial charge in [-0.15, -0.1) is 0 Å². The lowest BCUT2D eigenvalue weighted by molar-refractivity contribution is 0.209. The summed E-state index contributed by atoms with van der Waals surface area (Å²) in [6.07, 6.45) is -0.599. The predicted octanol–water partition coefficient (Wildman–Crippen LogP) is 5.41. The average molecular weight is 336 g/mol. The molecule has 122 valence electrons. The van der Waals surface area contributed by atoms with Crippen LogP contribution in [0.1, 0.15) is 26.3 Å². The second-order valence-corrected chi connectivity index (χ2v) is 6.71. The van der Waals surface area contributed by atoms with Crippen molar-refractivity contribution in [2.45, 2.75) is 26.2 Å². The molecule has 1 amide bonds. The number of carbonyl (C=O) groups excluding carboxylic acids is 1. The van der Waals surface area contributed by atoms with Crippen LogP contribution in [0.15, 0.2) is 42.5 Å². The van der Waals surface area contributed by atoms with Gasteiger partial charge in [-0.1, -0.05) is 38.4 Å². The first-order valence-electron chi connectivity index (χ1n) is 7.19. The second kappa shape index (κ2) is 6.59. The van der Waals surface area contributed by atoms with E-state index in [1.807, 2.05) is 20.8 Å². The molecule has 0 N–H and O–H groups in total. The molecule has 0 aliphatic heterocycles. The van der Waals surface area contributed by atoms with Crippen molar-refractivity contribution in [1.29, 1.82) is 0 Å². The molecule has 0 saturated heterocycles. The van der Waals surface area contributed by atoms with Gasteiger partial charge in [0.1, 0.15) is 11.6 Å². The Morgan fingerprint density at radius 2 is 1.87 bits per heavy atom. The lowest BCUT2D eigenvalue weighted by Crippen LogP contribution is -2.29. The first kappa shape index (κ1) is 17.3. The van der Waals surface area contributed by atoms with Crippen molar-refractivity contribution in [3.05, 3.63) is 58.9 Å². The maximum absolute atomic E-state index is 13.3. The maximum Gasteiger partial charge on any atom is 0.419 e. The Labute approximate surface area is 140 Å². The molecule has 2 rings (SSSR count). The summed E-state index contributed by atoms with van der Waals surface area (Å²) in [7, 11) is 1.53. The SMILES string of the molecule is CN(C(=O)Oc1ccc(Cl)c(C(C)(C)C)c1)c1cccc(F)c1. The number of hydrogen-bond donors (Lipinski definition) is 0. The Morgan fingerprint density at radius 1 is 1.17 bits per heavy atom. The highest BCUT2D eigenvalue weighted by molar-refractivity contribution is 6.31. The van der Waals surface area contributed by atoms with Crippen LogP contribution >= 0.6 is 11.6 Å². The average Bonchev–Trinajstić information content (AvgIpc) is 2.47. The summed E-state index contributed by atoms with van der Waals surface area (Å²) in [4.78, 5) is 13.5. The second-order valence-electron chi connectivity index (χ2n) is 6.30. The quantitative estimate of drug-likeness (QED) is 0.734. The smallest absolute Gasteiger partial charge is 0.410 e. The summed E-state index contributed by atoms with van der Waals surface area (Å²) in [5.41, 5.74) is 1.13. The van der Waals surface area contributed by atoms with E-state index in [4.69, 9.17) is 16.3 Å². The van der Waals surface area contributed by atoms with Crippen LogP contribution in [0.5, 0.6) is 5.75 Å². The van der Waals surface area contributed by atoms with Gasteiger partial charge in [0.15, 0.2) is 0 Å². The summed E-state index contributed by atoms with van der Waals surface area (Å²) in [5.74, 6) is -0.0174. The van der Waals surface area contributed by atoms with Gasteiger partial charge in [-0.2, -0.15) is 0 Å². The number of amides is 1. The van der Waals surface area contributed by atoms with E-state index in [9.17, 15) is 9.18 Å². The van der Waals surface area contributed by atoms with E-state index in [1.165, 1.54) is 30.1 Å². The minimum absolute atomic E-state index is 0.173. The normalized spacial score (nSPS) is 11.2.